The van der Waals surface area contributed by atoms with Crippen LogP contribution in [0.3, 0.4) is 0 Å². The van der Waals surface area contributed by atoms with Gasteiger partial charge in [0, 0.05) is 18.2 Å². The zero-order valence-corrected chi connectivity index (χ0v) is 19.3. The van der Waals surface area contributed by atoms with Gasteiger partial charge in [-0.25, -0.2) is 9.67 Å². The molecule has 0 radical (unpaired) electrons. The molecule has 0 saturated carbocycles. The minimum atomic E-state index is -0.378. The van der Waals surface area contributed by atoms with Crippen molar-refractivity contribution in [2.24, 2.45) is 0 Å². The van der Waals surface area contributed by atoms with Crippen LogP contribution in [-0.2, 0) is 6.54 Å². The Morgan fingerprint density at radius 2 is 1.85 bits per heavy atom. The number of hydrogen-bond acceptors (Lipinski definition) is 5. The number of hydrogen-bond donors (Lipinski definition) is 2. The Labute approximate surface area is 196 Å². The molecular weight excluding hydrogens is 434 g/mol. The van der Waals surface area contributed by atoms with E-state index in [2.05, 4.69) is 20.7 Å². The number of thiophene rings is 1. The molecule has 1 unspecified atom stereocenters. The zero-order valence-electron chi connectivity index (χ0n) is 18.5. The smallest absolute Gasteiger partial charge is 0.291 e. The maximum absolute atomic E-state index is 12.9. The van der Waals surface area contributed by atoms with E-state index in [0.29, 0.717) is 11.4 Å². The molecule has 0 aliphatic carbocycles. The molecule has 4 aromatic rings. The molecule has 2 aromatic carbocycles. The van der Waals surface area contributed by atoms with Gasteiger partial charge in [0.15, 0.2) is 5.82 Å². The number of aromatic nitrogens is 3. The third-order valence-electron chi connectivity index (χ3n) is 5.18. The summed E-state index contributed by atoms with van der Waals surface area (Å²) in [7, 11) is 0. The van der Waals surface area contributed by atoms with E-state index >= 15 is 0 Å². The second-order valence-corrected chi connectivity index (χ2v) is 8.60. The summed E-state index contributed by atoms with van der Waals surface area (Å²) in [6.45, 7) is 4.25. The maximum atomic E-state index is 12.9. The molecule has 7 nitrogen and oxygen atoms in total. The van der Waals surface area contributed by atoms with Gasteiger partial charge in [-0.15, -0.1) is 16.4 Å². The Hall–Kier alpha value is -3.78. The Bertz CT molecular complexity index is 1230. The second-order valence-electron chi connectivity index (χ2n) is 7.65. The summed E-state index contributed by atoms with van der Waals surface area (Å²) < 4.78 is 1.68. The number of amides is 2. The average Bonchev–Trinajstić information content (AvgIpc) is 3.53. The molecule has 0 aliphatic heterocycles. The van der Waals surface area contributed by atoms with E-state index in [1.807, 2.05) is 73.8 Å². The summed E-state index contributed by atoms with van der Waals surface area (Å²) >= 11 is 1.54. The third kappa shape index (κ3) is 5.35. The van der Waals surface area contributed by atoms with Gasteiger partial charge in [-0.1, -0.05) is 43.3 Å². The van der Waals surface area contributed by atoms with Crippen LogP contribution >= 0.6 is 11.3 Å². The van der Waals surface area contributed by atoms with Crippen LogP contribution < -0.4 is 10.6 Å². The van der Waals surface area contributed by atoms with Gasteiger partial charge in [0.05, 0.1) is 10.6 Å². The van der Waals surface area contributed by atoms with Crippen LogP contribution in [0.25, 0.3) is 16.4 Å². The lowest BCUT2D eigenvalue weighted by atomic mass is 10.1. The molecule has 2 amide bonds. The van der Waals surface area contributed by atoms with E-state index in [1.54, 1.807) is 16.8 Å². The van der Waals surface area contributed by atoms with Crippen molar-refractivity contribution < 1.29 is 9.59 Å². The Kier molecular flexibility index (Phi) is 6.95. The number of carbonyl (C=O) groups is 2. The highest BCUT2D eigenvalue weighted by Gasteiger charge is 2.19. The van der Waals surface area contributed by atoms with Crippen molar-refractivity contribution >= 4 is 23.2 Å². The molecule has 2 N–H and O–H groups in total. The summed E-state index contributed by atoms with van der Waals surface area (Å²) in [5.74, 6) is 0.205. The van der Waals surface area contributed by atoms with E-state index in [-0.39, 0.29) is 30.2 Å². The van der Waals surface area contributed by atoms with E-state index in [4.69, 9.17) is 0 Å². The van der Waals surface area contributed by atoms with Crippen LogP contribution in [0.2, 0.25) is 0 Å². The normalized spacial score (nSPS) is 11.7. The summed E-state index contributed by atoms with van der Waals surface area (Å²) in [5.41, 5.74) is 2.21. The number of rotatable bonds is 8. The van der Waals surface area contributed by atoms with Gasteiger partial charge in [0.25, 0.3) is 11.8 Å². The molecule has 8 heteroatoms. The summed E-state index contributed by atoms with van der Waals surface area (Å²) in [4.78, 5) is 30.7. The van der Waals surface area contributed by atoms with Crippen molar-refractivity contribution in [3.63, 3.8) is 0 Å². The van der Waals surface area contributed by atoms with Crippen LogP contribution in [-0.4, -0.2) is 32.6 Å². The fraction of sp³-hybridized carbons (Fsp3) is 0.200. The fourth-order valence-corrected chi connectivity index (χ4v) is 3.91. The third-order valence-corrected chi connectivity index (χ3v) is 6.05. The van der Waals surface area contributed by atoms with Gasteiger partial charge in [-0.2, -0.15) is 0 Å². The summed E-state index contributed by atoms with van der Waals surface area (Å²) in [6, 6.07) is 20.8. The van der Waals surface area contributed by atoms with Gasteiger partial charge in [0.1, 0.15) is 0 Å². The largest absolute Gasteiger partial charge is 0.350 e. The first kappa shape index (κ1) is 22.4. The first-order valence-electron chi connectivity index (χ1n) is 10.8. The van der Waals surface area contributed by atoms with Crippen molar-refractivity contribution in [1.82, 2.24) is 25.4 Å². The number of nitrogens with one attached hydrogen (secondary N) is 2. The second kappa shape index (κ2) is 10.2. The highest BCUT2D eigenvalue weighted by atomic mass is 32.1. The van der Waals surface area contributed by atoms with Gasteiger partial charge in [-0.05, 0) is 54.6 Å². The molecular formula is C25H25N5O2S. The molecule has 0 aliphatic rings. The number of benzene rings is 2. The van der Waals surface area contributed by atoms with Crippen LogP contribution in [0.4, 0.5) is 0 Å². The summed E-state index contributed by atoms with van der Waals surface area (Å²) in [5, 5.41) is 12.3. The number of carbonyl (C=O) groups excluding carboxylic acids is 2. The predicted molar refractivity (Wildman–Crippen MR) is 130 cm³/mol. The molecule has 0 fully saturated rings. The monoisotopic (exact) mass is 459 g/mol. The van der Waals surface area contributed by atoms with Crippen LogP contribution in [0, 0.1) is 0 Å². The molecule has 0 saturated heterocycles. The van der Waals surface area contributed by atoms with Crippen LogP contribution in [0.1, 0.15) is 46.8 Å². The molecule has 0 spiro atoms. The van der Waals surface area contributed by atoms with Crippen molar-refractivity contribution in [3.8, 4) is 16.4 Å². The van der Waals surface area contributed by atoms with Crippen molar-refractivity contribution in [1.29, 1.82) is 0 Å². The van der Waals surface area contributed by atoms with Crippen molar-refractivity contribution in [2.45, 2.75) is 32.9 Å². The molecule has 2 heterocycles. The lowest BCUT2D eigenvalue weighted by Crippen LogP contribution is -2.32. The lowest BCUT2D eigenvalue weighted by molar-refractivity contribution is 0.0934. The number of nitrogens with zero attached hydrogens (tertiary/aromatic N) is 3. The van der Waals surface area contributed by atoms with Gasteiger partial charge >= 0.3 is 0 Å². The fourth-order valence-electron chi connectivity index (χ4n) is 3.22. The van der Waals surface area contributed by atoms with Crippen molar-refractivity contribution in [3.05, 3.63) is 89.1 Å². The van der Waals surface area contributed by atoms with E-state index in [0.717, 1.165) is 22.5 Å². The van der Waals surface area contributed by atoms with E-state index in [1.165, 1.54) is 11.3 Å². The summed E-state index contributed by atoms with van der Waals surface area (Å²) in [6.07, 6.45) is 0.859. The number of para-hydroxylation sites is 1. The highest BCUT2D eigenvalue weighted by Crippen LogP contribution is 2.25. The van der Waals surface area contributed by atoms with E-state index < -0.39 is 0 Å². The lowest BCUT2D eigenvalue weighted by Gasteiger charge is -2.12. The van der Waals surface area contributed by atoms with Crippen LogP contribution in [0.5, 0.6) is 0 Å². The Balaban J connectivity index is 1.51. The average molecular weight is 460 g/mol. The van der Waals surface area contributed by atoms with Gasteiger partial charge in [0.2, 0.25) is 5.82 Å². The highest BCUT2D eigenvalue weighted by molar-refractivity contribution is 7.13. The quantitative estimate of drug-likeness (QED) is 0.407. The Morgan fingerprint density at radius 1 is 1.03 bits per heavy atom. The topological polar surface area (TPSA) is 88.9 Å². The first-order chi connectivity index (χ1) is 16.0. The minimum absolute atomic E-state index is 0.0907. The molecule has 4 rings (SSSR count). The SMILES string of the molecule is CCC(C)NC(=O)c1cccc(CNC(=O)c2nc(-c3cccs3)n(-c3ccccc3)n2)c1. The molecule has 33 heavy (non-hydrogen) atoms. The molecule has 0 bridgehead atoms. The van der Waals surface area contributed by atoms with E-state index in [9.17, 15) is 9.59 Å². The molecule has 1 atom stereocenters. The Morgan fingerprint density at radius 3 is 2.58 bits per heavy atom. The molecule has 168 valence electrons. The van der Waals surface area contributed by atoms with Gasteiger partial charge < -0.3 is 10.6 Å². The predicted octanol–water partition coefficient (Wildman–Crippen LogP) is 4.45. The minimum Gasteiger partial charge on any atom is -0.350 e. The first-order valence-corrected chi connectivity index (χ1v) is 11.7. The zero-order chi connectivity index (χ0) is 23.2. The van der Waals surface area contributed by atoms with Gasteiger partial charge in [-0.3, -0.25) is 9.59 Å². The standard InChI is InChI=1S/C25H25N5O2S/c1-3-17(2)27-24(31)19-10-7-9-18(15-19)16-26-25(32)22-28-23(21-13-8-14-33-21)30(29-22)20-11-5-4-6-12-20/h4-15,17H,3,16H2,1-2H3,(H,26,32)(H,27,31). The van der Waals surface area contributed by atoms with Crippen molar-refractivity contribution in [2.75, 3.05) is 0 Å². The molecule has 2 aromatic heterocycles. The maximum Gasteiger partial charge on any atom is 0.291 e. The van der Waals surface area contributed by atoms with Crippen LogP contribution in [0.15, 0.2) is 72.1 Å².